The summed E-state index contributed by atoms with van der Waals surface area (Å²) >= 11 is 6.73. The van der Waals surface area contributed by atoms with Gasteiger partial charge >= 0.3 is 6.18 Å². The topological polar surface area (TPSA) is 71.9 Å². The number of carbonyl (C=O) groups excluding carboxylic acids is 1. The van der Waals surface area contributed by atoms with Crippen LogP contribution in [-0.4, -0.2) is 33.5 Å². The number of nitrogens with one attached hydrogen (secondary N) is 2. The lowest BCUT2D eigenvalue weighted by atomic mass is 10.2. The quantitative estimate of drug-likeness (QED) is 0.529. The third-order valence-corrected chi connectivity index (χ3v) is 5.13. The molecule has 29 heavy (non-hydrogen) atoms. The number of rotatable bonds is 7. The molecular weight excluding hydrogens is 425 g/mol. The van der Waals surface area contributed by atoms with Crippen LogP contribution in [0.1, 0.15) is 18.5 Å². The van der Waals surface area contributed by atoms with Crippen LogP contribution in [-0.2, 0) is 11.3 Å². The van der Waals surface area contributed by atoms with Gasteiger partial charge in [-0.05, 0) is 48.3 Å². The number of aromatic nitrogens is 3. The number of ether oxygens (including phenoxy) is 1. The summed E-state index contributed by atoms with van der Waals surface area (Å²) < 4.78 is 43.5. The van der Waals surface area contributed by atoms with Crippen LogP contribution in [0.3, 0.4) is 0 Å². The molecule has 1 amide bonds. The van der Waals surface area contributed by atoms with E-state index in [1.807, 2.05) is 17.5 Å². The van der Waals surface area contributed by atoms with Crippen LogP contribution in [0.15, 0.2) is 41.8 Å². The van der Waals surface area contributed by atoms with E-state index in [1.54, 1.807) is 23.6 Å². The van der Waals surface area contributed by atoms with Crippen molar-refractivity contribution in [3.63, 3.8) is 0 Å². The Kier molecular flexibility index (Phi) is 6.38. The van der Waals surface area contributed by atoms with Crippen molar-refractivity contribution in [2.75, 3.05) is 6.61 Å². The molecule has 6 nitrogen and oxygen atoms in total. The Hall–Kier alpha value is -2.66. The molecule has 2 N–H and O–H groups in total. The van der Waals surface area contributed by atoms with Crippen molar-refractivity contribution in [1.29, 1.82) is 0 Å². The lowest BCUT2D eigenvalue weighted by molar-refractivity contribution is -0.153. The Bertz CT molecular complexity index is 1030. The minimum Gasteiger partial charge on any atom is -0.484 e. The van der Waals surface area contributed by atoms with Crippen LogP contribution in [0.25, 0.3) is 10.7 Å². The van der Waals surface area contributed by atoms with E-state index in [0.717, 1.165) is 4.88 Å². The Balaban J connectivity index is 1.66. The van der Waals surface area contributed by atoms with Gasteiger partial charge in [0.1, 0.15) is 11.8 Å². The number of halogens is 3. The summed E-state index contributed by atoms with van der Waals surface area (Å²) in [5, 5.41) is 11.6. The molecule has 3 aromatic rings. The average Bonchev–Trinajstić information content (AvgIpc) is 3.33. The molecule has 154 valence electrons. The third kappa shape index (κ3) is 5.45. The Morgan fingerprint density at radius 1 is 1.38 bits per heavy atom. The number of hydrogen-bond donors (Lipinski definition) is 2. The van der Waals surface area contributed by atoms with E-state index in [1.165, 1.54) is 23.5 Å². The molecule has 1 unspecified atom stereocenters. The fourth-order valence-electron chi connectivity index (χ4n) is 2.61. The van der Waals surface area contributed by atoms with Gasteiger partial charge in [0.05, 0.1) is 4.88 Å². The minimum absolute atomic E-state index is 0.0826. The highest BCUT2D eigenvalue weighted by atomic mass is 32.1. The molecule has 3 rings (SSSR count). The SMILES string of the molecule is CC(C(=O)NCc1cccc(OCC(F)(F)F)c1)n1c(-c2cccs2)n[nH]c1=S. The molecule has 0 bridgehead atoms. The van der Waals surface area contributed by atoms with E-state index in [4.69, 9.17) is 17.0 Å². The molecule has 0 spiro atoms. The summed E-state index contributed by atoms with van der Waals surface area (Å²) in [6, 6.07) is 9.26. The molecule has 0 aliphatic heterocycles. The van der Waals surface area contributed by atoms with E-state index >= 15 is 0 Å². The van der Waals surface area contributed by atoms with Crippen LogP contribution in [0.2, 0.25) is 0 Å². The Labute approximate surface area is 173 Å². The monoisotopic (exact) mass is 442 g/mol. The predicted molar refractivity (Wildman–Crippen MR) is 105 cm³/mol. The molecule has 1 aromatic carbocycles. The van der Waals surface area contributed by atoms with Crippen LogP contribution >= 0.6 is 23.6 Å². The van der Waals surface area contributed by atoms with Gasteiger partial charge in [-0.15, -0.1) is 11.3 Å². The average molecular weight is 442 g/mol. The zero-order valence-corrected chi connectivity index (χ0v) is 16.8. The van der Waals surface area contributed by atoms with Gasteiger partial charge in [0, 0.05) is 6.54 Å². The number of aromatic amines is 1. The summed E-state index contributed by atoms with van der Waals surface area (Å²) in [7, 11) is 0. The zero-order valence-electron chi connectivity index (χ0n) is 15.2. The predicted octanol–water partition coefficient (Wildman–Crippen LogP) is 4.49. The third-order valence-electron chi connectivity index (χ3n) is 3.98. The lowest BCUT2D eigenvalue weighted by Gasteiger charge is -2.15. The van der Waals surface area contributed by atoms with E-state index < -0.39 is 18.8 Å². The van der Waals surface area contributed by atoms with Crippen molar-refractivity contribution in [3.05, 3.63) is 52.1 Å². The fraction of sp³-hybridized carbons (Fsp3) is 0.278. The second kappa shape index (κ2) is 8.78. The Morgan fingerprint density at radius 3 is 2.86 bits per heavy atom. The van der Waals surface area contributed by atoms with E-state index in [0.29, 0.717) is 16.2 Å². The fourth-order valence-corrected chi connectivity index (χ4v) is 3.61. The van der Waals surface area contributed by atoms with Crippen LogP contribution < -0.4 is 10.1 Å². The molecule has 0 fully saturated rings. The molecule has 11 heteroatoms. The molecule has 0 radical (unpaired) electrons. The number of alkyl halides is 3. The number of hydrogen-bond acceptors (Lipinski definition) is 5. The van der Waals surface area contributed by atoms with Gasteiger partial charge in [-0.3, -0.25) is 14.5 Å². The highest BCUT2D eigenvalue weighted by Crippen LogP contribution is 2.25. The molecule has 0 aliphatic rings. The van der Waals surface area contributed by atoms with E-state index in [9.17, 15) is 18.0 Å². The maximum Gasteiger partial charge on any atom is 0.422 e. The van der Waals surface area contributed by atoms with Gasteiger partial charge < -0.3 is 10.1 Å². The van der Waals surface area contributed by atoms with E-state index in [2.05, 4.69) is 15.5 Å². The van der Waals surface area contributed by atoms with Crippen LogP contribution in [0, 0.1) is 4.77 Å². The first-order valence-electron chi connectivity index (χ1n) is 8.51. The summed E-state index contributed by atoms with van der Waals surface area (Å²) in [6.45, 7) is 0.455. The molecule has 0 aliphatic carbocycles. The maximum absolute atomic E-state index is 12.6. The van der Waals surface area contributed by atoms with Gasteiger partial charge in [0.15, 0.2) is 17.2 Å². The maximum atomic E-state index is 12.6. The zero-order chi connectivity index (χ0) is 21.0. The van der Waals surface area contributed by atoms with Gasteiger partial charge in [0.25, 0.3) is 0 Å². The minimum atomic E-state index is -4.41. The van der Waals surface area contributed by atoms with Crippen molar-refractivity contribution >= 4 is 29.5 Å². The highest BCUT2D eigenvalue weighted by molar-refractivity contribution is 7.71. The first-order chi connectivity index (χ1) is 13.7. The van der Waals surface area contributed by atoms with Gasteiger partial charge in [0.2, 0.25) is 5.91 Å². The van der Waals surface area contributed by atoms with Gasteiger partial charge in [-0.25, -0.2) is 0 Å². The first-order valence-corrected chi connectivity index (χ1v) is 9.80. The number of carbonyl (C=O) groups is 1. The van der Waals surface area contributed by atoms with Crippen molar-refractivity contribution < 1.29 is 22.7 Å². The lowest BCUT2D eigenvalue weighted by Crippen LogP contribution is -2.31. The molecular formula is C18H17F3N4O2S2. The Morgan fingerprint density at radius 2 is 2.17 bits per heavy atom. The second-order valence-corrected chi connectivity index (χ2v) is 7.48. The second-order valence-electron chi connectivity index (χ2n) is 6.14. The summed E-state index contributed by atoms with van der Waals surface area (Å²) in [5.74, 6) is 0.344. The number of H-pyrrole nitrogens is 1. The van der Waals surface area contributed by atoms with Gasteiger partial charge in [-0.1, -0.05) is 18.2 Å². The van der Waals surface area contributed by atoms with Crippen molar-refractivity contribution in [3.8, 4) is 16.5 Å². The molecule has 0 saturated carbocycles. The normalized spacial score (nSPS) is 12.6. The number of benzene rings is 1. The van der Waals surface area contributed by atoms with Crippen molar-refractivity contribution in [1.82, 2.24) is 20.1 Å². The number of amides is 1. The van der Waals surface area contributed by atoms with Crippen molar-refractivity contribution in [2.45, 2.75) is 25.7 Å². The van der Waals surface area contributed by atoms with E-state index in [-0.39, 0.29) is 18.2 Å². The summed E-state index contributed by atoms with van der Waals surface area (Å²) in [5.41, 5.74) is 0.611. The van der Waals surface area contributed by atoms with Crippen LogP contribution in [0.5, 0.6) is 5.75 Å². The first kappa shape index (κ1) is 21.1. The standard InChI is InChI=1S/C18H17F3N4O2S2/c1-11(25-15(23-24-17(25)28)14-6-3-7-29-14)16(26)22-9-12-4-2-5-13(8-12)27-10-18(19,20)21/h2-8,11H,9-10H2,1H3,(H,22,26)(H,24,28). The summed E-state index contributed by atoms with van der Waals surface area (Å²) in [6.07, 6.45) is -4.41. The molecule has 1 atom stereocenters. The molecule has 2 heterocycles. The smallest absolute Gasteiger partial charge is 0.422 e. The molecule has 2 aromatic heterocycles. The van der Waals surface area contributed by atoms with Crippen LogP contribution in [0.4, 0.5) is 13.2 Å². The highest BCUT2D eigenvalue weighted by Gasteiger charge is 2.28. The molecule has 0 saturated heterocycles. The summed E-state index contributed by atoms with van der Waals surface area (Å²) in [4.78, 5) is 13.5. The number of nitrogens with zero attached hydrogens (tertiary/aromatic N) is 2. The van der Waals surface area contributed by atoms with Gasteiger partial charge in [-0.2, -0.15) is 18.3 Å². The number of thiophene rings is 1. The van der Waals surface area contributed by atoms with Crippen molar-refractivity contribution in [2.24, 2.45) is 0 Å². The largest absolute Gasteiger partial charge is 0.484 e.